The predicted molar refractivity (Wildman–Crippen MR) is 104 cm³/mol. The van der Waals surface area contributed by atoms with E-state index in [1.165, 1.54) is 16.0 Å². The largest absolute Gasteiger partial charge is 0.354 e. The first-order valence-electron chi connectivity index (χ1n) is 8.69. The number of anilines is 1. The Bertz CT molecular complexity index is 761. The first-order valence-corrected chi connectivity index (χ1v) is 9.68. The maximum atomic E-state index is 9.02. The fraction of sp³-hybridized carbons (Fsp3) is 0.400. The van der Waals surface area contributed by atoms with Crippen molar-refractivity contribution in [2.45, 2.75) is 18.7 Å². The molecule has 1 aromatic carbocycles. The smallest absolute Gasteiger partial charge is 0.129 e. The zero-order valence-electron chi connectivity index (χ0n) is 14.9. The number of aryl methyl sites for hydroxylation is 2. The number of thioether (sulfide) groups is 1. The van der Waals surface area contributed by atoms with Gasteiger partial charge in [0.1, 0.15) is 5.82 Å². The topological polar surface area (TPSA) is 43.2 Å². The SMILES string of the molecule is Cc1ccc(SCCN2CCN(c3cc(C#N)ccn3)CC2)cc1C. The molecule has 3 rings (SSSR count). The second-order valence-electron chi connectivity index (χ2n) is 6.44. The summed E-state index contributed by atoms with van der Waals surface area (Å²) in [6.07, 6.45) is 1.72. The highest BCUT2D eigenvalue weighted by molar-refractivity contribution is 7.99. The van der Waals surface area contributed by atoms with Crippen molar-refractivity contribution in [2.75, 3.05) is 43.4 Å². The third-order valence-corrected chi connectivity index (χ3v) is 5.70. The van der Waals surface area contributed by atoms with Gasteiger partial charge in [0, 0.05) is 49.6 Å². The van der Waals surface area contributed by atoms with Crippen molar-refractivity contribution in [3.05, 3.63) is 53.2 Å². The van der Waals surface area contributed by atoms with Crippen molar-refractivity contribution in [2.24, 2.45) is 0 Å². The Kier molecular flexibility index (Phi) is 5.95. The van der Waals surface area contributed by atoms with Crippen LogP contribution in [-0.4, -0.2) is 48.4 Å². The Hall–Kier alpha value is -2.03. The van der Waals surface area contributed by atoms with Gasteiger partial charge >= 0.3 is 0 Å². The number of hydrogen-bond acceptors (Lipinski definition) is 5. The fourth-order valence-electron chi connectivity index (χ4n) is 2.96. The van der Waals surface area contributed by atoms with Gasteiger partial charge in [-0.2, -0.15) is 5.26 Å². The van der Waals surface area contributed by atoms with Gasteiger partial charge in [-0.25, -0.2) is 4.98 Å². The average molecular weight is 353 g/mol. The zero-order chi connectivity index (χ0) is 17.6. The first kappa shape index (κ1) is 17.8. The van der Waals surface area contributed by atoms with E-state index in [0.29, 0.717) is 5.56 Å². The lowest BCUT2D eigenvalue weighted by Gasteiger charge is -2.35. The summed E-state index contributed by atoms with van der Waals surface area (Å²) >= 11 is 1.94. The molecule has 0 amide bonds. The molecular formula is C20H24N4S. The van der Waals surface area contributed by atoms with Gasteiger partial charge in [0.15, 0.2) is 0 Å². The number of benzene rings is 1. The summed E-state index contributed by atoms with van der Waals surface area (Å²) in [5.74, 6) is 2.04. The van der Waals surface area contributed by atoms with Crippen LogP contribution in [0.3, 0.4) is 0 Å². The van der Waals surface area contributed by atoms with E-state index in [9.17, 15) is 0 Å². The van der Waals surface area contributed by atoms with Crippen LogP contribution >= 0.6 is 11.8 Å². The van der Waals surface area contributed by atoms with Gasteiger partial charge in [-0.15, -0.1) is 11.8 Å². The molecule has 0 atom stereocenters. The highest BCUT2D eigenvalue weighted by atomic mass is 32.2. The Balaban J connectivity index is 1.44. The molecule has 0 bridgehead atoms. The minimum Gasteiger partial charge on any atom is -0.354 e. The number of pyridine rings is 1. The van der Waals surface area contributed by atoms with E-state index >= 15 is 0 Å². The lowest BCUT2D eigenvalue weighted by atomic mass is 10.1. The second kappa shape index (κ2) is 8.37. The van der Waals surface area contributed by atoms with Gasteiger partial charge in [0.25, 0.3) is 0 Å². The highest BCUT2D eigenvalue weighted by Crippen LogP contribution is 2.21. The molecule has 0 unspecified atom stereocenters. The summed E-state index contributed by atoms with van der Waals surface area (Å²) in [4.78, 5) is 10.6. The van der Waals surface area contributed by atoms with Crippen LogP contribution in [0.1, 0.15) is 16.7 Å². The van der Waals surface area contributed by atoms with Crippen LogP contribution in [0, 0.1) is 25.2 Å². The molecule has 0 radical (unpaired) electrons. The maximum absolute atomic E-state index is 9.02. The van der Waals surface area contributed by atoms with Crippen molar-refractivity contribution in [1.82, 2.24) is 9.88 Å². The van der Waals surface area contributed by atoms with Crippen molar-refractivity contribution in [1.29, 1.82) is 5.26 Å². The van der Waals surface area contributed by atoms with Crippen molar-refractivity contribution < 1.29 is 0 Å². The third-order valence-electron chi connectivity index (χ3n) is 4.73. The van der Waals surface area contributed by atoms with E-state index in [1.807, 2.05) is 17.8 Å². The van der Waals surface area contributed by atoms with E-state index in [0.717, 1.165) is 44.3 Å². The number of nitrogens with zero attached hydrogens (tertiary/aromatic N) is 4. The molecule has 0 N–H and O–H groups in total. The summed E-state index contributed by atoms with van der Waals surface area (Å²) < 4.78 is 0. The monoisotopic (exact) mass is 352 g/mol. The number of hydrogen-bond donors (Lipinski definition) is 0. The van der Waals surface area contributed by atoms with Crippen LogP contribution in [0.2, 0.25) is 0 Å². The van der Waals surface area contributed by atoms with E-state index < -0.39 is 0 Å². The van der Waals surface area contributed by atoms with E-state index in [2.05, 4.69) is 52.9 Å². The molecule has 4 nitrogen and oxygen atoms in total. The molecular weight excluding hydrogens is 328 g/mol. The van der Waals surface area contributed by atoms with Crippen LogP contribution in [0.5, 0.6) is 0 Å². The number of nitriles is 1. The Morgan fingerprint density at radius 1 is 1.08 bits per heavy atom. The summed E-state index contributed by atoms with van der Waals surface area (Å²) in [5.41, 5.74) is 3.40. The average Bonchev–Trinajstić information content (AvgIpc) is 2.65. The Morgan fingerprint density at radius 2 is 1.88 bits per heavy atom. The standard InChI is InChI=1S/C20H24N4S/c1-16-3-4-19(13-17(16)2)25-12-11-23-7-9-24(10-8-23)20-14-18(15-21)5-6-22-20/h3-6,13-14H,7-12H2,1-2H3. The molecule has 0 aliphatic carbocycles. The molecule has 130 valence electrons. The molecule has 1 aliphatic heterocycles. The zero-order valence-corrected chi connectivity index (χ0v) is 15.7. The van der Waals surface area contributed by atoms with E-state index in [1.54, 1.807) is 12.3 Å². The molecule has 1 aliphatic rings. The molecule has 2 heterocycles. The molecule has 1 aromatic heterocycles. The quantitative estimate of drug-likeness (QED) is 0.771. The van der Waals surface area contributed by atoms with Gasteiger partial charge in [0.2, 0.25) is 0 Å². The summed E-state index contributed by atoms with van der Waals surface area (Å²) in [7, 11) is 0. The summed E-state index contributed by atoms with van der Waals surface area (Å²) in [5, 5.41) is 9.02. The molecule has 5 heteroatoms. The number of rotatable bonds is 5. The molecule has 1 saturated heterocycles. The van der Waals surface area contributed by atoms with Crippen LogP contribution in [-0.2, 0) is 0 Å². The van der Waals surface area contributed by atoms with Crippen LogP contribution in [0.15, 0.2) is 41.4 Å². The lowest BCUT2D eigenvalue weighted by molar-refractivity contribution is 0.272. The maximum Gasteiger partial charge on any atom is 0.129 e. The second-order valence-corrected chi connectivity index (χ2v) is 7.61. The van der Waals surface area contributed by atoms with Gasteiger partial charge in [-0.3, -0.25) is 4.90 Å². The minimum absolute atomic E-state index is 0.678. The van der Waals surface area contributed by atoms with E-state index in [-0.39, 0.29) is 0 Å². The Labute approximate surface area is 154 Å². The van der Waals surface area contributed by atoms with E-state index in [4.69, 9.17) is 5.26 Å². The Morgan fingerprint density at radius 3 is 2.60 bits per heavy atom. The molecule has 0 spiro atoms. The minimum atomic E-state index is 0.678. The van der Waals surface area contributed by atoms with Gasteiger partial charge in [-0.05, 0) is 49.2 Å². The van der Waals surface area contributed by atoms with Gasteiger partial charge in [0.05, 0.1) is 11.6 Å². The third kappa shape index (κ3) is 4.75. The number of piperazine rings is 1. The predicted octanol–water partition coefficient (Wildman–Crippen LogP) is 3.48. The summed E-state index contributed by atoms with van der Waals surface area (Å²) in [6, 6.07) is 12.5. The van der Waals surface area contributed by atoms with Crippen LogP contribution < -0.4 is 4.90 Å². The molecule has 1 fully saturated rings. The highest BCUT2D eigenvalue weighted by Gasteiger charge is 2.18. The van der Waals surface area contributed by atoms with Crippen LogP contribution in [0.25, 0.3) is 0 Å². The first-order chi connectivity index (χ1) is 12.2. The fourth-order valence-corrected chi connectivity index (χ4v) is 3.97. The van der Waals surface area contributed by atoms with Crippen molar-refractivity contribution in [3.8, 4) is 6.07 Å². The molecule has 25 heavy (non-hydrogen) atoms. The lowest BCUT2D eigenvalue weighted by Crippen LogP contribution is -2.47. The van der Waals surface area contributed by atoms with Gasteiger partial charge in [-0.1, -0.05) is 6.07 Å². The van der Waals surface area contributed by atoms with Gasteiger partial charge < -0.3 is 4.90 Å². The van der Waals surface area contributed by atoms with Crippen LogP contribution in [0.4, 0.5) is 5.82 Å². The molecule has 0 saturated carbocycles. The van der Waals surface area contributed by atoms with Crippen molar-refractivity contribution in [3.63, 3.8) is 0 Å². The van der Waals surface area contributed by atoms with Crippen molar-refractivity contribution >= 4 is 17.6 Å². The number of aromatic nitrogens is 1. The molecule has 2 aromatic rings. The normalized spacial score (nSPS) is 15.2. The summed E-state index contributed by atoms with van der Waals surface area (Å²) in [6.45, 7) is 9.47.